The third-order valence-corrected chi connectivity index (χ3v) is 6.24. The maximum absolute atomic E-state index is 12.7. The molecular weight excluding hydrogens is 356 g/mol. The van der Waals surface area contributed by atoms with Crippen LogP contribution in [0.15, 0.2) is 18.3 Å². The Bertz CT molecular complexity index is 699. The first kappa shape index (κ1) is 19.2. The number of amides is 2. The monoisotopic (exact) mass is 386 g/mol. The van der Waals surface area contributed by atoms with Gasteiger partial charge in [0.25, 0.3) is 5.91 Å². The van der Waals surface area contributed by atoms with Gasteiger partial charge in [-0.3, -0.25) is 9.59 Å². The number of aromatic nitrogens is 1. The van der Waals surface area contributed by atoms with Gasteiger partial charge in [0.2, 0.25) is 5.91 Å². The third kappa shape index (κ3) is 4.29. The van der Waals surface area contributed by atoms with E-state index in [4.69, 9.17) is 4.74 Å². The minimum Gasteiger partial charge on any atom is -0.381 e. The van der Waals surface area contributed by atoms with Crippen LogP contribution in [0.25, 0.3) is 0 Å². The van der Waals surface area contributed by atoms with E-state index in [1.165, 1.54) is 0 Å². The molecule has 3 aliphatic heterocycles. The molecule has 4 rings (SSSR count). The van der Waals surface area contributed by atoms with Crippen molar-refractivity contribution < 1.29 is 14.3 Å². The number of likely N-dealkylation sites (tertiary alicyclic amines) is 1. The number of rotatable bonds is 7. The second-order valence-electron chi connectivity index (χ2n) is 8.08. The highest BCUT2D eigenvalue weighted by atomic mass is 16.5. The maximum Gasteiger partial charge on any atom is 0.255 e. The molecule has 1 aromatic rings. The highest BCUT2D eigenvalue weighted by molar-refractivity contribution is 5.99. The molecule has 0 aliphatic carbocycles. The molecule has 0 aromatic carbocycles. The summed E-state index contributed by atoms with van der Waals surface area (Å²) in [5, 5.41) is 3.00. The van der Waals surface area contributed by atoms with Crippen molar-refractivity contribution >= 4 is 17.6 Å². The largest absolute Gasteiger partial charge is 0.381 e. The lowest BCUT2D eigenvalue weighted by Crippen LogP contribution is -2.52. The average Bonchev–Trinajstić information content (AvgIpc) is 3.10. The van der Waals surface area contributed by atoms with Gasteiger partial charge in [-0.05, 0) is 49.7 Å². The third-order valence-electron chi connectivity index (χ3n) is 6.24. The molecule has 0 unspecified atom stereocenters. The van der Waals surface area contributed by atoms with Crippen LogP contribution in [0.4, 0.5) is 5.82 Å². The Morgan fingerprint density at radius 1 is 1.25 bits per heavy atom. The molecule has 0 bridgehead atoms. The zero-order valence-electron chi connectivity index (χ0n) is 16.4. The zero-order valence-corrected chi connectivity index (χ0v) is 16.4. The zero-order chi connectivity index (χ0) is 19.3. The van der Waals surface area contributed by atoms with Crippen LogP contribution in [0.1, 0.15) is 42.5 Å². The number of hydrogen-bond donors (Lipinski definition) is 1. The molecule has 0 radical (unpaired) electrons. The normalized spacial score (nSPS) is 21.1. The Balaban J connectivity index is 1.26. The van der Waals surface area contributed by atoms with Crippen molar-refractivity contribution in [1.82, 2.24) is 15.2 Å². The molecule has 3 aliphatic rings. The van der Waals surface area contributed by atoms with Gasteiger partial charge in [0, 0.05) is 58.6 Å². The summed E-state index contributed by atoms with van der Waals surface area (Å²) in [5.74, 6) is 2.36. The van der Waals surface area contributed by atoms with Crippen LogP contribution in [0.2, 0.25) is 0 Å². The summed E-state index contributed by atoms with van der Waals surface area (Å²) in [4.78, 5) is 32.9. The Hall–Kier alpha value is -2.15. The van der Waals surface area contributed by atoms with E-state index in [9.17, 15) is 9.59 Å². The summed E-state index contributed by atoms with van der Waals surface area (Å²) in [6.07, 6.45) is 6.45. The second-order valence-corrected chi connectivity index (χ2v) is 8.08. The van der Waals surface area contributed by atoms with Gasteiger partial charge in [0.1, 0.15) is 5.82 Å². The van der Waals surface area contributed by atoms with Crippen molar-refractivity contribution in [3.8, 4) is 0 Å². The van der Waals surface area contributed by atoms with E-state index in [0.29, 0.717) is 24.4 Å². The molecule has 7 heteroatoms. The molecule has 152 valence electrons. The topological polar surface area (TPSA) is 74.8 Å². The minimum absolute atomic E-state index is 0.0784. The predicted octanol–water partition coefficient (Wildman–Crippen LogP) is 1.69. The number of carbonyl (C=O) groups excluding carboxylic acids is 2. The van der Waals surface area contributed by atoms with E-state index in [1.807, 2.05) is 17.0 Å². The minimum atomic E-state index is -0.0784. The summed E-state index contributed by atoms with van der Waals surface area (Å²) in [6, 6.07) is 3.67. The van der Waals surface area contributed by atoms with Crippen LogP contribution in [0.3, 0.4) is 0 Å². The summed E-state index contributed by atoms with van der Waals surface area (Å²) in [5.41, 5.74) is 0.644. The van der Waals surface area contributed by atoms with E-state index >= 15 is 0 Å². The van der Waals surface area contributed by atoms with Crippen molar-refractivity contribution in [2.45, 2.75) is 32.1 Å². The van der Waals surface area contributed by atoms with Crippen LogP contribution < -0.4 is 10.2 Å². The molecule has 1 N–H and O–H groups in total. The number of ether oxygens (including phenoxy) is 1. The molecule has 1 aromatic heterocycles. The quantitative estimate of drug-likeness (QED) is 0.722. The summed E-state index contributed by atoms with van der Waals surface area (Å²) >= 11 is 0. The lowest BCUT2D eigenvalue weighted by Gasteiger charge is -2.45. The van der Waals surface area contributed by atoms with E-state index < -0.39 is 0 Å². The molecule has 7 nitrogen and oxygen atoms in total. The van der Waals surface area contributed by atoms with Crippen molar-refractivity contribution in [3.63, 3.8) is 0 Å². The number of anilines is 1. The van der Waals surface area contributed by atoms with Gasteiger partial charge in [-0.25, -0.2) is 4.98 Å². The van der Waals surface area contributed by atoms with Crippen molar-refractivity contribution in [2.75, 3.05) is 50.8 Å². The van der Waals surface area contributed by atoms with Gasteiger partial charge in [-0.1, -0.05) is 0 Å². The number of pyridine rings is 1. The van der Waals surface area contributed by atoms with Gasteiger partial charge < -0.3 is 19.9 Å². The van der Waals surface area contributed by atoms with Gasteiger partial charge in [-0.2, -0.15) is 0 Å². The fourth-order valence-corrected chi connectivity index (χ4v) is 4.50. The number of nitrogens with one attached hydrogen (secondary N) is 1. The van der Waals surface area contributed by atoms with Crippen LogP contribution >= 0.6 is 0 Å². The molecule has 3 fully saturated rings. The highest BCUT2D eigenvalue weighted by Gasteiger charge is 2.36. The van der Waals surface area contributed by atoms with Gasteiger partial charge >= 0.3 is 0 Å². The van der Waals surface area contributed by atoms with Crippen LogP contribution in [0, 0.1) is 11.8 Å². The lowest BCUT2D eigenvalue weighted by molar-refractivity contribution is -0.127. The van der Waals surface area contributed by atoms with E-state index in [0.717, 1.165) is 76.8 Å². The maximum atomic E-state index is 12.7. The average molecular weight is 386 g/mol. The SMILES string of the molecule is O=C(NCCCN1CCCC1=O)c1cccnc1N1CC(C2CCOCC2)C1. The molecule has 3 saturated heterocycles. The lowest BCUT2D eigenvalue weighted by atomic mass is 9.81. The van der Waals surface area contributed by atoms with Crippen molar-refractivity contribution in [3.05, 3.63) is 23.9 Å². The van der Waals surface area contributed by atoms with Crippen LogP contribution in [-0.2, 0) is 9.53 Å². The summed E-state index contributed by atoms with van der Waals surface area (Å²) in [7, 11) is 0. The molecule has 0 saturated carbocycles. The Labute approximate surface area is 166 Å². The first-order valence-corrected chi connectivity index (χ1v) is 10.6. The summed E-state index contributed by atoms with van der Waals surface area (Å²) in [6.45, 7) is 5.84. The predicted molar refractivity (Wildman–Crippen MR) is 106 cm³/mol. The van der Waals surface area contributed by atoms with Crippen molar-refractivity contribution in [1.29, 1.82) is 0 Å². The highest BCUT2D eigenvalue weighted by Crippen LogP contribution is 2.34. The molecule has 0 atom stereocenters. The van der Waals surface area contributed by atoms with E-state index in [-0.39, 0.29) is 11.8 Å². The smallest absolute Gasteiger partial charge is 0.255 e. The number of carbonyl (C=O) groups is 2. The molecule has 2 amide bonds. The standard InChI is InChI=1S/C21H30N4O3/c26-19-5-2-10-24(19)11-3-9-23-21(27)18-4-1-8-22-20(18)25-14-17(15-25)16-6-12-28-13-7-16/h1,4,8,16-17H,2-3,5-7,9-15H2,(H,23,27). The Kier molecular flexibility index (Phi) is 6.10. The second kappa shape index (κ2) is 8.90. The molecular formula is C21H30N4O3. The van der Waals surface area contributed by atoms with Crippen LogP contribution in [-0.4, -0.2) is 67.6 Å². The summed E-state index contributed by atoms with van der Waals surface area (Å²) < 4.78 is 5.47. The van der Waals surface area contributed by atoms with Crippen molar-refractivity contribution in [2.24, 2.45) is 11.8 Å². The molecule has 4 heterocycles. The molecule has 28 heavy (non-hydrogen) atoms. The first-order chi connectivity index (χ1) is 13.7. The Morgan fingerprint density at radius 2 is 2.07 bits per heavy atom. The van der Waals surface area contributed by atoms with E-state index in [1.54, 1.807) is 6.20 Å². The van der Waals surface area contributed by atoms with Gasteiger partial charge in [-0.15, -0.1) is 0 Å². The fourth-order valence-electron chi connectivity index (χ4n) is 4.50. The van der Waals surface area contributed by atoms with E-state index in [2.05, 4.69) is 15.2 Å². The number of hydrogen-bond acceptors (Lipinski definition) is 5. The van der Waals surface area contributed by atoms with Gasteiger partial charge in [0.15, 0.2) is 0 Å². The fraction of sp³-hybridized carbons (Fsp3) is 0.667. The van der Waals surface area contributed by atoms with Crippen LogP contribution in [0.5, 0.6) is 0 Å². The molecule has 0 spiro atoms. The number of nitrogens with zero attached hydrogens (tertiary/aromatic N) is 3. The first-order valence-electron chi connectivity index (χ1n) is 10.6. The van der Waals surface area contributed by atoms with Gasteiger partial charge in [0.05, 0.1) is 5.56 Å². The Morgan fingerprint density at radius 3 is 2.82 bits per heavy atom.